The highest BCUT2D eigenvalue weighted by molar-refractivity contribution is 6.34. The van der Waals surface area contributed by atoms with Crippen LogP contribution in [0.2, 0.25) is 10.0 Å². The van der Waals surface area contributed by atoms with Gasteiger partial charge >= 0.3 is 0 Å². The fraction of sp³-hybridized carbons (Fsp3) is 0.300. The van der Waals surface area contributed by atoms with Gasteiger partial charge in [-0.05, 0) is 18.2 Å². The van der Waals surface area contributed by atoms with E-state index in [-0.39, 0.29) is 11.9 Å². The van der Waals surface area contributed by atoms with E-state index in [4.69, 9.17) is 27.9 Å². The van der Waals surface area contributed by atoms with Gasteiger partial charge in [0, 0.05) is 22.9 Å². The molecule has 2 nitrogen and oxygen atoms in total. The van der Waals surface area contributed by atoms with Gasteiger partial charge < -0.3 is 4.74 Å². The quantitative estimate of drug-likeness (QED) is 0.781. The van der Waals surface area contributed by atoms with Crippen molar-refractivity contribution in [1.29, 1.82) is 0 Å². The van der Waals surface area contributed by atoms with Crippen molar-refractivity contribution in [3.05, 3.63) is 28.2 Å². The van der Waals surface area contributed by atoms with Gasteiger partial charge in [0.2, 0.25) is 0 Å². The predicted octanol–water partition coefficient (Wildman–Crippen LogP) is 3.10. The van der Waals surface area contributed by atoms with Gasteiger partial charge in [0.15, 0.2) is 0 Å². The van der Waals surface area contributed by atoms with E-state index >= 15 is 0 Å². The third kappa shape index (κ3) is 2.20. The van der Waals surface area contributed by atoms with Gasteiger partial charge in [0.1, 0.15) is 17.6 Å². The number of hydrogen-bond donors (Lipinski definition) is 0. The maximum absolute atomic E-state index is 10.7. The van der Waals surface area contributed by atoms with Crippen LogP contribution in [0, 0.1) is 0 Å². The molecule has 0 aromatic heterocycles. The summed E-state index contributed by atoms with van der Waals surface area (Å²) in [5.74, 6) is 0.864. The minimum Gasteiger partial charge on any atom is -0.489 e. The number of carbonyl (C=O) groups is 1. The Balaban J connectivity index is 2.05. The second-order valence-corrected chi connectivity index (χ2v) is 4.16. The Morgan fingerprint density at radius 1 is 1.14 bits per heavy atom. The first-order chi connectivity index (χ1) is 6.63. The molecule has 1 aromatic rings. The summed E-state index contributed by atoms with van der Waals surface area (Å²) < 4.78 is 5.49. The van der Waals surface area contributed by atoms with Crippen molar-refractivity contribution >= 4 is 29.0 Å². The minimum atomic E-state index is -0.00275. The molecule has 0 N–H and O–H groups in total. The highest BCUT2D eigenvalue weighted by Crippen LogP contribution is 2.28. The minimum absolute atomic E-state index is 0.00275. The third-order valence-electron chi connectivity index (χ3n) is 2.05. The van der Waals surface area contributed by atoms with Crippen LogP contribution in [0.3, 0.4) is 0 Å². The Bertz CT molecular complexity index is 348. The lowest BCUT2D eigenvalue weighted by Gasteiger charge is -2.25. The molecule has 0 spiro atoms. The number of ketones is 1. The van der Waals surface area contributed by atoms with Crippen molar-refractivity contribution in [2.75, 3.05) is 0 Å². The Labute approximate surface area is 91.8 Å². The van der Waals surface area contributed by atoms with Crippen LogP contribution in [-0.4, -0.2) is 11.9 Å². The third-order valence-corrected chi connectivity index (χ3v) is 2.49. The van der Waals surface area contributed by atoms with Crippen molar-refractivity contribution in [2.24, 2.45) is 0 Å². The normalized spacial score (nSPS) is 16.6. The molecular weight excluding hydrogens is 223 g/mol. The van der Waals surface area contributed by atoms with Gasteiger partial charge in [-0.1, -0.05) is 23.2 Å². The molecule has 0 bridgehead atoms. The van der Waals surface area contributed by atoms with E-state index in [0.717, 1.165) is 0 Å². The summed E-state index contributed by atoms with van der Waals surface area (Å²) in [6.07, 6.45) is 0.978. The maximum Gasteiger partial charge on any atom is 0.140 e. The number of ether oxygens (including phenoxy) is 1. The molecule has 0 saturated heterocycles. The van der Waals surface area contributed by atoms with Gasteiger partial charge in [-0.3, -0.25) is 4.79 Å². The Kier molecular flexibility index (Phi) is 2.66. The number of carbonyl (C=O) groups excluding carboxylic acids is 1. The summed E-state index contributed by atoms with van der Waals surface area (Å²) in [5, 5.41) is 1.08. The van der Waals surface area contributed by atoms with Crippen LogP contribution < -0.4 is 4.74 Å². The largest absolute Gasteiger partial charge is 0.489 e. The highest BCUT2D eigenvalue weighted by Gasteiger charge is 2.28. The Morgan fingerprint density at radius 3 is 2.21 bits per heavy atom. The molecule has 0 heterocycles. The second kappa shape index (κ2) is 3.79. The first kappa shape index (κ1) is 9.81. The van der Waals surface area contributed by atoms with Crippen molar-refractivity contribution < 1.29 is 9.53 Å². The van der Waals surface area contributed by atoms with E-state index in [9.17, 15) is 4.79 Å². The number of hydrogen-bond acceptors (Lipinski definition) is 2. The van der Waals surface area contributed by atoms with Crippen molar-refractivity contribution in [3.8, 4) is 5.75 Å². The van der Waals surface area contributed by atoms with E-state index in [1.807, 2.05) is 0 Å². The molecule has 4 heteroatoms. The van der Waals surface area contributed by atoms with Gasteiger partial charge in [-0.15, -0.1) is 0 Å². The molecule has 1 fully saturated rings. The van der Waals surface area contributed by atoms with E-state index in [0.29, 0.717) is 28.6 Å². The van der Waals surface area contributed by atoms with E-state index in [1.165, 1.54) is 0 Å². The summed E-state index contributed by atoms with van der Waals surface area (Å²) in [4.78, 5) is 10.7. The SMILES string of the molecule is O=C1CC(Oc2cc(Cl)cc(Cl)c2)C1. The lowest BCUT2D eigenvalue weighted by molar-refractivity contribution is -0.129. The maximum atomic E-state index is 10.7. The van der Waals surface area contributed by atoms with E-state index in [2.05, 4.69) is 0 Å². The molecular formula is C10H8Cl2O2. The van der Waals surface area contributed by atoms with Crippen LogP contribution in [0.5, 0.6) is 5.75 Å². The standard InChI is InChI=1S/C10H8Cl2O2/c11-6-1-7(12)3-9(2-6)14-10-4-8(13)5-10/h1-3,10H,4-5H2. The Morgan fingerprint density at radius 2 is 1.71 bits per heavy atom. The average Bonchev–Trinajstić information content (AvgIpc) is 1.99. The molecule has 0 amide bonds. The monoisotopic (exact) mass is 230 g/mol. The summed E-state index contributed by atoms with van der Waals surface area (Å²) in [6, 6.07) is 5.02. The van der Waals surface area contributed by atoms with Gasteiger partial charge in [-0.2, -0.15) is 0 Å². The van der Waals surface area contributed by atoms with Gasteiger partial charge in [0.05, 0.1) is 0 Å². The van der Waals surface area contributed by atoms with Gasteiger partial charge in [-0.25, -0.2) is 0 Å². The zero-order chi connectivity index (χ0) is 10.1. The van der Waals surface area contributed by atoms with Crippen LogP contribution in [-0.2, 0) is 4.79 Å². The molecule has 0 unspecified atom stereocenters. The van der Waals surface area contributed by atoms with Crippen LogP contribution >= 0.6 is 23.2 Å². The predicted molar refractivity (Wildman–Crippen MR) is 55.1 cm³/mol. The molecule has 2 rings (SSSR count). The molecule has 74 valence electrons. The second-order valence-electron chi connectivity index (χ2n) is 3.29. The van der Waals surface area contributed by atoms with Gasteiger partial charge in [0.25, 0.3) is 0 Å². The van der Waals surface area contributed by atoms with Crippen molar-refractivity contribution in [3.63, 3.8) is 0 Å². The lowest BCUT2D eigenvalue weighted by atomic mass is 9.94. The van der Waals surface area contributed by atoms with Crippen molar-refractivity contribution in [2.45, 2.75) is 18.9 Å². The van der Waals surface area contributed by atoms with Crippen LogP contribution in [0.1, 0.15) is 12.8 Å². The smallest absolute Gasteiger partial charge is 0.140 e. The first-order valence-electron chi connectivity index (χ1n) is 4.28. The molecule has 0 aliphatic heterocycles. The number of Topliss-reactive ketones (excluding diaryl/α,β-unsaturated/α-hetero) is 1. The number of benzene rings is 1. The van der Waals surface area contributed by atoms with Crippen LogP contribution in [0.25, 0.3) is 0 Å². The molecule has 1 aliphatic carbocycles. The Hall–Kier alpha value is -0.730. The number of halogens is 2. The van der Waals surface area contributed by atoms with Crippen molar-refractivity contribution in [1.82, 2.24) is 0 Å². The topological polar surface area (TPSA) is 26.3 Å². The lowest BCUT2D eigenvalue weighted by Crippen LogP contribution is -2.33. The van der Waals surface area contributed by atoms with E-state index in [1.54, 1.807) is 18.2 Å². The zero-order valence-corrected chi connectivity index (χ0v) is 8.81. The zero-order valence-electron chi connectivity index (χ0n) is 7.30. The first-order valence-corrected chi connectivity index (χ1v) is 5.03. The molecule has 0 atom stereocenters. The molecule has 0 radical (unpaired) electrons. The average molecular weight is 231 g/mol. The molecule has 1 aromatic carbocycles. The number of rotatable bonds is 2. The summed E-state index contributed by atoms with van der Waals surface area (Å²) >= 11 is 11.6. The summed E-state index contributed by atoms with van der Waals surface area (Å²) in [7, 11) is 0. The highest BCUT2D eigenvalue weighted by atomic mass is 35.5. The molecule has 1 saturated carbocycles. The molecule has 14 heavy (non-hydrogen) atoms. The molecule has 1 aliphatic rings. The summed E-state index contributed by atoms with van der Waals surface area (Å²) in [6.45, 7) is 0. The fourth-order valence-electron chi connectivity index (χ4n) is 1.32. The van der Waals surface area contributed by atoms with Crippen LogP contribution in [0.4, 0.5) is 0 Å². The summed E-state index contributed by atoms with van der Waals surface area (Å²) in [5.41, 5.74) is 0. The van der Waals surface area contributed by atoms with E-state index < -0.39 is 0 Å². The fourth-order valence-corrected chi connectivity index (χ4v) is 1.83. The van der Waals surface area contributed by atoms with Crippen LogP contribution in [0.15, 0.2) is 18.2 Å².